The Labute approximate surface area is 211 Å². The lowest BCUT2D eigenvalue weighted by Gasteiger charge is -2.24. The van der Waals surface area contributed by atoms with E-state index in [1.165, 1.54) is 7.11 Å². The molecule has 0 aliphatic rings. The van der Waals surface area contributed by atoms with Crippen LogP contribution in [0.15, 0.2) is 24.3 Å². The van der Waals surface area contributed by atoms with E-state index >= 15 is 0 Å². The molecule has 0 radical (unpaired) electrons. The largest absolute Gasteiger partial charge is 0.469 e. The second-order valence-corrected chi connectivity index (χ2v) is 8.94. The number of rotatable bonds is 16. The molecule has 0 aromatic heterocycles. The van der Waals surface area contributed by atoms with E-state index in [-0.39, 0.29) is 50.1 Å². The molecule has 6 N–H and O–H groups in total. The molecule has 0 heterocycles. The number of anilines is 1. The third-order valence-electron chi connectivity index (χ3n) is 5.34. The van der Waals surface area contributed by atoms with Crippen molar-refractivity contribution in [3.8, 4) is 0 Å². The van der Waals surface area contributed by atoms with Crippen LogP contribution in [0.4, 0.5) is 5.69 Å². The number of unbranched alkanes of at least 4 members (excludes halogenated alkanes) is 1. The second kappa shape index (κ2) is 16.2. The molecule has 0 spiro atoms. The first-order valence-corrected chi connectivity index (χ1v) is 12.0. The van der Waals surface area contributed by atoms with Crippen LogP contribution in [0.3, 0.4) is 0 Å². The number of carbonyl (C=O) groups is 5. The number of aliphatic hydroxyl groups excluding tert-OH is 1. The maximum Gasteiger partial charge on any atom is 0.305 e. The number of ether oxygens (including phenoxy) is 1. The summed E-state index contributed by atoms with van der Waals surface area (Å²) in [7, 11) is 1.30. The first-order chi connectivity index (χ1) is 17.0. The lowest BCUT2D eigenvalue weighted by molar-refractivity contribution is -0.141. The molecule has 0 aliphatic heterocycles. The fourth-order valence-corrected chi connectivity index (χ4v) is 3.38. The molecule has 2 atom stereocenters. The Hall–Kier alpha value is -3.47. The van der Waals surface area contributed by atoms with E-state index in [4.69, 9.17) is 10.8 Å². The van der Waals surface area contributed by atoms with Crippen LogP contribution < -0.4 is 21.7 Å². The summed E-state index contributed by atoms with van der Waals surface area (Å²) in [6.07, 6.45) is 1.48. The number of primary amides is 1. The monoisotopic (exact) mass is 506 g/mol. The molecule has 0 saturated carbocycles. The molecule has 0 aliphatic carbocycles. The molecule has 11 nitrogen and oxygen atoms in total. The molecule has 36 heavy (non-hydrogen) atoms. The summed E-state index contributed by atoms with van der Waals surface area (Å²) in [6.45, 7) is 3.66. The van der Waals surface area contributed by atoms with Crippen LogP contribution >= 0.6 is 0 Å². The van der Waals surface area contributed by atoms with Crippen LogP contribution in [0.5, 0.6) is 0 Å². The predicted octanol–water partition coefficient (Wildman–Crippen LogP) is 1.13. The smallest absolute Gasteiger partial charge is 0.305 e. The molecule has 1 aromatic carbocycles. The predicted molar refractivity (Wildman–Crippen MR) is 133 cm³/mol. The number of esters is 1. The topological polar surface area (TPSA) is 177 Å². The Morgan fingerprint density at radius 2 is 1.56 bits per heavy atom. The fraction of sp³-hybridized carbons (Fsp3) is 0.560. The summed E-state index contributed by atoms with van der Waals surface area (Å²) in [5.41, 5.74) is 6.36. The van der Waals surface area contributed by atoms with E-state index < -0.39 is 29.8 Å². The quantitative estimate of drug-likeness (QED) is 0.165. The third kappa shape index (κ3) is 12.3. The van der Waals surface area contributed by atoms with E-state index in [2.05, 4.69) is 20.7 Å². The minimum Gasteiger partial charge on any atom is -0.469 e. The zero-order valence-electron chi connectivity index (χ0n) is 21.2. The molecule has 0 fully saturated rings. The first kappa shape index (κ1) is 30.6. The highest BCUT2D eigenvalue weighted by Crippen LogP contribution is 2.12. The van der Waals surface area contributed by atoms with E-state index in [1.807, 2.05) is 13.8 Å². The van der Waals surface area contributed by atoms with Gasteiger partial charge in [0, 0.05) is 24.9 Å². The molecular formula is C25H38N4O7. The van der Waals surface area contributed by atoms with Gasteiger partial charge in [-0.05, 0) is 49.3 Å². The van der Waals surface area contributed by atoms with Gasteiger partial charge in [-0.15, -0.1) is 0 Å². The normalized spacial score (nSPS) is 12.4. The van der Waals surface area contributed by atoms with Gasteiger partial charge >= 0.3 is 5.97 Å². The van der Waals surface area contributed by atoms with Crippen LogP contribution in [-0.2, 0) is 35.3 Å². The number of carbonyl (C=O) groups excluding carboxylic acids is 5. The second-order valence-electron chi connectivity index (χ2n) is 8.94. The lowest BCUT2D eigenvalue weighted by atomic mass is 10.0. The van der Waals surface area contributed by atoms with Crippen molar-refractivity contribution in [3.63, 3.8) is 0 Å². The SMILES string of the molecule is COC(=O)CCCCC(=O)NC(CC(C)C)C(=O)N[C@@H](CCC(N)=O)C(=O)Nc1ccc(CO)cc1. The van der Waals surface area contributed by atoms with E-state index in [0.717, 1.165) is 0 Å². The van der Waals surface area contributed by atoms with E-state index in [0.29, 0.717) is 30.5 Å². The van der Waals surface area contributed by atoms with Crippen molar-refractivity contribution >= 4 is 35.3 Å². The van der Waals surface area contributed by atoms with Crippen LogP contribution in [0.2, 0.25) is 0 Å². The van der Waals surface area contributed by atoms with Crippen molar-refractivity contribution in [1.82, 2.24) is 10.6 Å². The molecule has 1 unspecified atom stereocenters. The third-order valence-corrected chi connectivity index (χ3v) is 5.34. The van der Waals surface area contributed by atoms with Gasteiger partial charge in [-0.25, -0.2) is 0 Å². The lowest BCUT2D eigenvalue weighted by Crippen LogP contribution is -2.53. The van der Waals surface area contributed by atoms with Crippen molar-refractivity contribution in [1.29, 1.82) is 0 Å². The minimum atomic E-state index is -1.06. The standard InChI is InChI=1S/C25H38N4O7/c1-16(2)14-20(28-22(32)6-4-5-7-23(33)36-3)25(35)29-19(12-13-21(26)31)24(34)27-18-10-8-17(15-30)9-11-18/h8-11,16,19-20,30H,4-7,12-15H2,1-3H3,(H2,26,31)(H,27,34)(H,28,32)(H,29,35)/t19-,20?/m0/s1. The maximum absolute atomic E-state index is 13.1. The molecule has 1 aromatic rings. The van der Waals surface area contributed by atoms with Gasteiger partial charge in [0.1, 0.15) is 12.1 Å². The zero-order valence-corrected chi connectivity index (χ0v) is 21.2. The van der Waals surface area contributed by atoms with Gasteiger partial charge in [0.2, 0.25) is 23.6 Å². The summed E-state index contributed by atoms with van der Waals surface area (Å²) in [4.78, 5) is 60.9. The highest BCUT2D eigenvalue weighted by Gasteiger charge is 2.27. The Morgan fingerprint density at radius 1 is 0.917 bits per heavy atom. The molecule has 11 heteroatoms. The van der Waals surface area contributed by atoms with Gasteiger partial charge in [0.25, 0.3) is 0 Å². The summed E-state index contributed by atoms with van der Waals surface area (Å²) in [6, 6.07) is 4.56. The number of aliphatic hydroxyl groups is 1. The van der Waals surface area contributed by atoms with Gasteiger partial charge < -0.3 is 31.5 Å². The molecule has 0 bridgehead atoms. The Balaban J connectivity index is 2.83. The Kier molecular flexibility index (Phi) is 13.8. The van der Waals surface area contributed by atoms with Gasteiger partial charge in [-0.1, -0.05) is 26.0 Å². The molecular weight excluding hydrogens is 468 g/mol. The summed E-state index contributed by atoms with van der Waals surface area (Å²) in [5, 5.41) is 17.2. The van der Waals surface area contributed by atoms with Crippen LogP contribution in [0.25, 0.3) is 0 Å². The van der Waals surface area contributed by atoms with Crippen molar-refractivity contribution in [2.45, 2.75) is 77.5 Å². The Bertz CT molecular complexity index is 887. The summed E-state index contributed by atoms with van der Waals surface area (Å²) < 4.78 is 4.57. The number of amides is 4. The maximum atomic E-state index is 13.1. The van der Waals surface area contributed by atoms with E-state index in [1.54, 1.807) is 24.3 Å². The van der Waals surface area contributed by atoms with Gasteiger partial charge in [0.05, 0.1) is 13.7 Å². The van der Waals surface area contributed by atoms with Gasteiger partial charge in [-0.2, -0.15) is 0 Å². The van der Waals surface area contributed by atoms with Gasteiger partial charge in [-0.3, -0.25) is 24.0 Å². The molecule has 4 amide bonds. The van der Waals surface area contributed by atoms with Crippen LogP contribution in [0.1, 0.15) is 64.4 Å². The number of benzene rings is 1. The van der Waals surface area contributed by atoms with Crippen molar-refractivity contribution < 1.29 is 33.8 Å². The molecule has 0 saturated heterocycles. The number of hydrogen-bond acceptors (Lipinski definition) is 7. The summed E-state index contributed by atoms with van der Waals surface area (Å²) in [5.74, 6) is -2.33. The van der Waals surface area contributed by atoms with Crippen LogP contribution in [0, 0.1) is 5.92 Å². The van der Waals surface area contributed by atoms with Gasteiger partial charge in [0.15, 0.2) is 0 Å². The fourth-order valence-electron chi connectivity index (χ4n) is 3.38. The molecule has 1 rings (SSSR count). The van der Waals surface area contributed by atoms with Crippen molar-refractivity contribution in [2.24, 2.45) is 11.7 Å². The highest BCUT2D eigenvalue weighted by atomic mass is 16.5. The number of nitrogens with one attached hydrogen (secondary N) is 3. The zero-order chi connectivity index (χ0) is 27.1. The molecule has 200 valence electrons. The first-order valence-electron chi connectivity index (χ1n) is 12.0. The number of hydrogen-bond donors (Lipinski definition) is 5. The number of methoxy groups -OCH3 is 1. The summed E-state index contributed by atoms with van der Waals surface area (Å²) >= 11 is 0. The van der Waals surface area contributed by atoms with Crippen molar-refractivity contribution in [3.05, 3.63) is 29.8 Å². The van der Waals surface area contributed by atoms with E-state index in [9.17, 15) is 24.0 Å². The van der Waals surface area contributed by atoms with Crippen molar-refractivity contribution in [2.75, 3.05) is 12.4 Å². The minimum absolute atomic E-state index is 0.0164. The average Bonchev–Trinajstić information content (AvgIpc) is 2.83. The Morgan fingerprint density at radius 3 is 2.11 bits per heavy atom. The number of nitrogens with two attached hydrogens (primary N) is 1. The average molecular weight is 507 g/mol. The van der Waals surface area contributed by atoms with Crippen LogP contribution in [-0.4, -0.2) is 53.9 Å². The highest BCUT2D eigenvalue weighted by molar-refractivity contribution is 5.98.